The third-order valence-corrected chi connectivity index (χ3v) is 3.97. The van der Waals surface area contributed by atoms with E-state index in [4.69, 9.17) is 0 Å². The number of alkyl halides is 1. The summed E-state index contributed by atoms with van der Waals surface area (Å²) in [6.45, 7) is 0. The maximum Gasteiger partial charge on any atom is 0.259 e. The molecule has 0 atom stereocenters. The Kier molecular flexibility index (Phi) is 3.11. The van der Waals surface area contributed by atoms with Gasteiger partial charge in [-0.25, -0.2) is 0 Å². The van der Waals surface area contributed by atoms with Gasteiger partial charge in [-0.05, 0) is 29.9 Å². The van der Waals surface area contributed by atoms with Crippen molar-refractivity contribution < 1.29 is 9.59 Å². The van der Waals surface area contributed by atoms with E-state index in [0.29, 0.717) is 11.1 Å². The van der Waals surface area contributed by atoms with E-state index in [2.05, 4.69) is 21.2 Å². The second kappa shape index (κ2) is 4.78. The maximum absolute atomic E-state index is 12.1. The van der Waals surface area contributed by atoms with Crippen LogP contribution in [0.4, 0.5) is 0 Å². The van der Waals surface area contributed by atoms with Crippen molar-refractivity contribution in [2.24, 2.45) is 0 Å². The number of carbonyl (C=O) groups is 2. The Morgan fingerprint density at radius 1 is 1.05 bits per heavy atom. The minimum atomic E-state index is -0.305. The number of benzene rings is 2. The quantitative estimate of drug-likeness (QED) is 0.698. The predicted octanol–water partition coefficient (Wildman–Crippen LogP) is 3.05. The Balaban J connectivity index is 2.31. The van der Waals surface area contributed by atoms with Crippen molar-refractivity contribution in [2.75, 3.05) is 5.33 Å². The van der Waals surface area contributed by atoms with Crippen LogP contribution in [0.2, 0.25) is 0 Å². The molecule has 0 aromatic heterocycles. The Morgan fingerprint density at radius 2 is 1.89 bits per heavy atom. The first-order valence-electron chi connectivity index (χ1n) is 6.18. The highest BCUT2D eigenvalue weighted by Gasteiger charge is 2.26. The van der Waals surface area contributed by atoms with Crippen LogP contribution >= 0.6 is 15.9 Å². The standard InChI is InChI=1S/C15H12BrNO2/c16-8-2-4-10-7-6-9-3-1-5-11-12(9)13(10)15(19)17-14(11)18/h1,3,5-7H,2,4,8H2,(H,17,18,19). The fraction of sp³-hybridized carbons (Fsp3) is 0.200. The molecule has 2 amide bonds. The molecule has 1 aliphatic heterocycles. The van der Waals surface area contributed by atoms with Gasteiger partial charge in [-0.15, -0.1) is 0 Å². The summed E-state index contributed by atoms with van der Waals surface area (Å²) in [5.41, 5.74) is 2.26. The minimum Gasteiger partial charge on any atom is -0.288 e. The number of nitrogens with one attached hydrogen (secondary N) is 1. The van der Waals surface area contributed by atoms with Crippen LogP contribution < -0.4 is 5.32 Å². The van der Waals surface area contributed by atoms with Gasteiger partial charge in [0.05, 0.1) is 5.56 Å². The van der Waals surface area contributed by atoms with Gasteiger partial charge in [-0.2, -0.15) is 0 Å². The van der Waals surface area contributed by atoms with Gasteiger partial charge >= 0.3 is 0 Å². The van der Waals surface area contributed by atoms with Gasteiger partial charge in [0.1, 0.15) is 0 Å². The zero-order valence-corrected chi connectivity index (χ0v) is 11.8. The van der Waals surface area contributed by atoms with Crippen LogP contribution in [-0.4, -0.2) is 17.1 Å². The maximum atomic E-state index is 12.1. The lowest BCUT2D eigenvalue weighted by atomic mass is 9.90. The largest absolute Gasteiger partial charge is 0.288 e. The summed E-state index contributed by atoms with van der Waals surface area (Å²) in [6, 6.07) is 9.51. The highest BCUT2D eigenvalue weighted by Crippen LogP contribution is 2.29. The zero-order chi connectivity index (χ0) is 13.4. The van der Waals surface area contributed by atoms with E-state index >= 15 is 0 Å². The SMILES string of the molecule is O=C1NC(=O)c2c(CCCBr)ccc3cccc1c23. The van der Waals surface area contributed by atoms with E-state index in [0.717, 1.165) is 34.5 Å². The van der Waals surface area contributed by atoms with E-state index in [1.54, 1.807) is 6.07 Å². The highest BCUT2D eigenvalue weighted by molar-refractivity contribution is 9.09. The molecule has 0 unspecified atom stereocenters. The normalized spacial score (nSPS) is 13.7. The molecular formula is C15H12BrNO2. The van der Waals surface area contributed by atoms with Crippen LogP contribution in [0.25, 0.3) is 10.8 Å². The molecule has 0 saturated carbocycles. The lowest BCUT2D eigenvalue weighted by Gasteiger charge is -2.19. The van der Waals surface area contributed by atoms with Crippen LogP contribution in [0.15, 0.2) is 30.3 Å². The lowest BCUT2D eigenvalue weighted by Crippen LogP contribution is -2.35. The fourth-order valence-electron chi connectivity index (χ4n) is 2.57. The molecule has 1 N–H and O–H groups in total. The molecule has 0 spiro atoms. The summed E-state index contributed by atoms with van der Waals surface area (Å²) in [6.07, 6.45) is 1.79. The van der Waals surface area contributed by atoms with Gasteiger partial charge < -0.3 is 0 Å². The lowest BCUT2D eigenvalue weighted by molar-refractivity contribution is 0.0844. The van der Waals surface area contributed by atoms with E-state index in [1.165, 1.54) is 0 Å². The molecule has 1 aliphatic rings. The van der Waals surface area contributed by atoms with Crippen LogP contribution in [0, 0.1) is 0 Å². The van der Waals surface area contributed by atoms with Crippen LogP contribution in [-0.2, 0) is 6.42 Å². The molecule has 2 aromatic rings. The molecule has 1 heterocycles. The summed E-state index contributed by atoms with van der Waals surface area (Å²) in [5, 5.41) is 5.06. The average molecular weight is 318 g/mol. The Bertz CT molecular complexity index is 694. The molecular weight excluding hydrogens is 306 g/mol. The molecule has 3 nitrogen and oxygen atoms in total. The van der Waals surface area contributed by atoms with Crippen molar-refractivity contribution in [3.05, 3.63) is 47.0 Å². The van der Waals surface area contributed by atoms with E-state index in [1.807, 2.05) is 24.3 Å². The van der Waals surface area contributed by atoms with Crippen molar-refractivity contribution in [1.82, 2.24) is 5.32 Å². The molecule has 3 rings (SSSR count). The summed E-state index contributed by atoms with van der Waals surface area (Å²) < 4.78 is 0. The van der Waals surface area contributed by atoms with Crippen LogP contribution in [0.1, 0.15) is 32.7 Å². The van der Waals surface area contributed by atoms with Gasteiger partial charge in [0, 0.05) is 16.3 Å². The van der Waals surface area contributed by atoms with Gasteiger partial charge in [-0.3, -0.25) is 14.9 Å². The Labute approximate surface area is 119 Å². The van der Waals surface area contributed by atoms with Crippen LogP contribution in [0.5, 0.6) is 0 Å². The van der Waals surface area contributed by atoms with Crippen molar-refractivity contribution >= 4 is 38.5 Å². The van der Waals surface area contributed by atoms with Gasteiger partial charge in [0.15, 0.2) is 0 Å². The van der Waals surface area contributed by atoms with Gasteiger partial charge in [-0.1, -0.05) is 40.2 Å². The molecule has 0 bridgehead atoms. The first-order valence-corrected chi connectivity index (χ1v) is 7.31. The average Bonchev–Trinajstić information content (AvgIpc) is 2.42. The third-order valence-electron chi connectivity index (χ3n) is 3.41. The van der Waals surface area contributed by atoms with Gasteiger partial charge in [0.2, 0.25) is 0 Å². The molecule has 0 aliphatic carbocycles. The molecule has 4 heteroatoms. The van der Waals surface area contributed by atoms with E-state index in [-0.39, 0.29) is 11.8 Å². The van der Waals surface area contributed by atoms with Gasteiger partial charge in [0.25, 0.3) is 11.8 Å². The first kappa shape index (κ1) is 12.4. The van der Waals surface area contributed by atoms with Crippen LogP contribution in [0.3, 0.4) is 0 Å². The predicted molar refractivity (Wildman–Crippen MR) is 77.9 cm³/mol. The first-order chi connectivity index (χ1) is 9.22. The fourth-order valence-corrected chi connectivity index (χ4v) is 2.85. The van der Waals surface area contributed by atoms with Crippen molar-refractivity contribution in [3.63, 3.8) is 0 Å². The number of imide groups is 1. The number of aryl methyl sites for hydroxylation is 1. The molecule has 0 fully saturated rings. The number of amides is 2. The number of halogens is 1. The second-order valence-electron chi connectivity index (χ2n) is 4.58. The third kappa shape index (κ3) is 1.96. The highest BCUT2D eigenvalue weighted by atomic mass is 79.9. The summed E-state index contributed by atoms with van der Waals surface area (Å²) in [7, 11) is 0. The second-order valence-corrected chi connectivity index (χ2v) is 5.37. The molecule has 2 aromatic carbocycles. The van der Waals surface area contributed by atoms with E-state index in [9.17, 15) is 9.59 Å². The minimum absolute atomic E-state index is 0.279. The number of carbonyl (C=O) groups excluding carboxylic acids is 2. The number of rotatable bonds is 3. The van der Waals surface area contributed by atoms with E-state index < -0.39 is 0 Å². The summed E-state index contributed by atoms with van der Waals surface area (Å²) >= 11 is 3.40. The molecule has 19 heavy (non-hydrogen) atoms. The Hall–Kier alpha value is -1.68. The summed E-state index contributed by atoms with van der Waals surface area (Å²) in [4.78, 5) is 24.0. The molecule has 0 radical (unpaired) electrons. The number of hydrogen-bond donors (Lipinski definition) is 1. The zero-order valence-electron chi connectivity index (χ0n) is 10.2. The molecule has 96 valence electrons. The van der Waals surface area contributed by atoms with Crippen molar-refractivity contribution in [2.45, 2.75) is 12.8 Å². The van der Waals surface area contributed by atoms with Crippen molar-refractivity contribution in [3.8, 4) is 0 Å². The number of hydrogen-bond acceptors (Lipinski definition) is 2. The molecule has 0 saturated heterocycles. The topological polar surface area (TPSA) is 46.2 Å². The smallest absolute Gasteiger partial charge is 0.259 e. The Morgan fingerprint density at radius 3 is 2.68 bits per heavy atom. The monoisotopic (exact) mass is 317 g/mol. The van der Waals surface area contributed by atoms with Crippen molar-refractivity contribution in [1.29, 1.82) is 0 Å². The summed E-state index contributed by atoms with van der Waals surface area (Å²) in [5.74, 6) is -0.584.